The molecule has 0 saturated carbocycles. The van der Waals surface area contributed by atoms with Gasteiger partial charge in [-0.1, -0.05) is 15.9 Å². The molecule has 1 saturated heterocycles. The molecule has 6 heteroatoms. The zero-order chi connectivity index (χ0) is 14.0. The number of hydrogen-bond donors (Lipinski definition) is 2. The second kappa shape index (κ2) is 5.54. The van der Waals surface area contributed by atoms with Crippen molar-refractivity contribution in [1.29, 1.82) is 0 Å². The van der Waals surface area contributed by atoms with Gasteiger partial charge in [-0.2, -0.15) is 0 Å². The predicted molar refractivity (Wildman–Crippen MR) is 79.8 cm³/mol. The van der Waals surface area contributed by atoms with Crippen LogP contribution in [-0.4, -0.2) is 27.5 Å². The third-order valence-corrected chi connectivity index (χ3v) is 5.17. The van der Waals surface area contributed by atoms with Crippen LogP contribution in [0.3, 0.4) is 0 Å². The van der Waals surface area contributed by atoms with Crippen molar-refractivity contribution in [2.24, 2.45) is 0 Å². The van der Waals surface area contributed by atoms with Gasteiger partial charge in [0.25, 0.3) is 0 Å². The van der Waals surface area contributed by atoms with Gasteiger partial charge in [-0.15, -0.1) is 11.8 Å². The second-order valence-electron chi connectivity index (χ2n) is 4.63. The first kappa shape index (κ1) is 14.4. The number of nitrogens with one attached hydrogen (secondary N) is 1. The molecule has 0 aromatic heterocycles. The van der Waals surface area contributed by atoms with Gasteiger partial charge in [0.2, 0.25) is 5.91 Å². The maximum Gasteiger partial charge on any atom is 0.337 e. The van der Waals surface area contributed by atoms with Crippen LogP contribution in [-0.2, 0) is 4.79 Å². The Kier molecular flexibility index (Phi) is 4.20. The van der Waals surface area contributed by atoms with Gasteiger partial charge in [-0.05, 0) is 43.7 Å². The van der Waals surface area contributed by atoms with Crippen LogP contribution >= 0.6 is 27.7 Å². The molecule has 2 N–H and O–H groups in total. The molecule has 0 spiro atoms. The van der Waals surface area contributed by atoms with Crippen LogP contribution in [0.25, 0.3) is 0 Å². The Hall–Kier alpha value is -1.01. The highest BCUT2D eigenvalue weighted by atomic mass is 79.9. The first-order valence-electron chi connectivity index (χ1n) is 5.91. The third-order valence-electron chi connectivity index (χ3n) is 3.16. The van der Waals surface area contributed by atoms with E-state index in [0.717, 1.165) is 23.1 Å². The Morgan fingerprint density at radius 3 is 2.79 bits per heavy atom. The van der Waals surface area contributed by atoms with Crippen molar-refractivity contribution in [2.45, 2.75) is 24.5 Å². The summed E-state index contributed by atoms with van der Waals surface area (Å²) >= 11 is 4.90. The van der Waals surface area contributed by atoms with Crippen LogP contribution in [0.4, 0.5) is 5.69 Å². The van der Waals surface area contributed by atoms with Gasteiger partial charge in [-0.25, -0.2) is 4.79 Å². The smallest absolute Gasteiger partial charge is 0.337 e. The number of carboxylic acids is 1. The second-order valence-corrected chi connectivity index (χ2v) is 7.15. The minimum atomic E-state index is -1.05. The highest BCUT2D eigenvalue weighted by Gasteiger charge is 2.37. The molecule has 4 nitrogen and oxygen atoms in total. The number of thioether (sulfide) groups is 1. The summed E-state index contributed by atoms with van der Waals surface area (Å²) in [6.45, 7) is 1.90. The summed E-state index contributed by atoms with van der Waals surface area (Å²) in [5, 5.41) is 11.9. The van der Waals surface area contributed by atoms with Crippen molar-refractivity contribution in [3.05, 3.63) is 28.2 Å². The maximum atomic E-state index is 12.3. The summed E-state index contributed by atoms with van der Waals surface area (Å²) in [7, 11) is 0. The van der Waals surface area contributed by atoms with Gasteiger partial charge in [0.15, 0.2) is 0 Å². The minimum Gasteiger partial charge on any atom is -0.478 e. The molecule has 1 heterocycles. The van der Waals surface area contributed by atoms with E-state index in [0.29, 0.717) is 5.69 Å². The van der Waals surface area contributed by atoms with E-state index in [1.165, 1.54) is 6.07 Å². The van der Waals surface area contributed by atoms with Crippen LogP contribution in [0.2, 0.25) is 0 Å². The Morgan fingerprint density at radius 2 is 2.21 bits per heavy atom. The van der Waals surface area contributed by atoms with E-state index in [1.807, 2.05) is 6.92 Å². The molecule has 102 valence electrons. The number of aromatic carboxylic acids is 1. The van der Waals surface area contributed by atoms with Crippen molar-refractivity contribution in [3.8, 4) is 0 Å². The lowest BCUT2D eigenvalue weighted by atomic mass is 10.0. The van der Waals surface area contributed by atoms with Gasteiger partial charge in [0.1, 0.15) is 0 Å². The molecule has 0 radical (unpaired) electrons. The van der Waals surface area contributed by atoms with Crippen LogP contribution in [0, 0.1) is 0 Å². The molecule has 0 aliphatic carbocycles. The Labute approximate surface area is 124 Å². The summed E-state index contributed by atoms with van der Waals surface area (Å²) in [6.07, 6.45) is 1.83. The molecule has 1 fully saturated rings. The molecular weight excluding hydrogens is 330 g/mol. The topological polar surface area (TPSA) is 66.4 Å². The highest BCUT2D eigenvalue weighted by molar-refractivity contribution is 9.10. The predicted octanol–water partition coefficient (Wildman–Crippen LogP) is 3.37. The number of carbonyl (C=O) groups excluding carboxylic acids is 1. The van der Waals surface area contributed by atoms with E-state index < -0.39 is 10.7 Å². The van der Waals surface area contributed by atoms with Crippen molar-refractivity contribution in [1.82, 2.24) is 0 Å². The molecule has 1 unspecified atom stereocenters. The molecule has 0 bridgehead atoms. The van der Waals surface area contributed by atoms with E-state index in [9.17, 15) is 9.59 Å². The highest BCUT2D eigenvalue weighted by Crippen LogP contribution is 2.38. The molecule has 1 aromatic carbocycles. The fourth-order valence-electron chi connectivity index (χ4n) is 2.02. The summed E-state index contributed by atoms with van der Waals surface area (Å²) in [6, 6.07) is 4.74. The van der Waals surface area contributed by atoms with Crippen LogP contribution in [0.1, 0.15) is 30.1 Å². The van der Waals surface area contributed by atoms with E-state index in [-0.39, 0.29) is 11.5 Å². The number of carboxylic acid groups (broad SMARTS) is 1. The average molecular weight is 344 g/mol. The fourth-order valence-corrected chi connectivity index (χ4v) is 3.59. The summed E-state index contributed by atoms with van der Waals surface area (Å²) in [4.78, 5) is 23.4. The monoisotopic (exact) mass is 343 g/mol. The Morgan fingerprint density at radius 1 is 1.47 bits per heavy atom. The number of amides is 1. The van der Waals surface area contributed by atoms with E-state index >= 15 is 0 Å². The maximum absolute atomic E-state index is 12.3. The Balaban J connectivity index is 2.25. The van der Waals surface area contributed by atoms with E-state index in [4.69, 9.17) is 5.11 Å². The summed E-state index contributed by atoms with van der Waals surface area (Å²) < 4.78 is 0.273. The largest absolute Gasteiger partial charge is 0.478 e. The number of carbonyl (C=O) groups is 2. The van der Waals surface area contributed by atoms with Gasteiger partial charge in [-0.3, -0.25) is 4.79 Å². The minimum absolute atomic E-state index is 0.100. The quantitative estimate of drug-likeness (QED) is 0.882. The SMILES string of the molecule is CC1(C(=O)Nc2cc(Br)ccc2C(=O)O)CCCS1. The van der Waals surface area contributed by atoms with E-state index in [2.05, 4.69) is 21.2 Å². The zero-order valence-electron chi connectivity index (χ0n) is 10.4. The lowest BCUT2D eigenvalue weighted by Gasteiger charge is -2.22. The van der Waals surface area contributed by atoms with E-state index in [1.54, 1.807) is 23.9 Å². The molecular formula is C13H14BrNO3S. The van der Waals surface area contributed by atoms with Gasteiger partial charge >= 0.3 is 5.97 Å². The van der Waals surface area contributed by atoms with Gasteiger partial charge < -0.3 is 10.4 Å². The van der Waals surface area contributed by atoms with Crippen LogP contribution in [0.15, 0.2) is 22.7 Å². The molecule has 1 aliphatic rings. The molecule has 1 amide bonds. The lowest BCUT2D eigenvalue weighted by molar-refractivity contribution is -0.118. The van der Waals surface area contributed by atoms with Gasteiger partial charge in [0.05, 0.1) is 16.0 Å². The zero-order valence-corrected chi connectivity index (χ0v) is 12.8. The average Bonchev–Trinajstić information content (AvgIpc) is 2.77. The fraction of sp³-hybridized carbons (Fsp3) is 0.385. The number of rotatable bonds is 3. The van der Waals surface area contributed by atoms with Crippen LogP contribution < -0.4 is 5.32 Å². The number of benzene rings is 1. The van der Waals surface area contributed by atoms with Crippen LogP contribution in [0.5, 0.6) is 0 Å². The number of hydrogen-bond acceptors (Lipinski definition) is 3. The first-order valence-corrected chi connectivity index (χ1v) is 7.68. The van der Waals surface area contributed by atoms with Crippen molar-refractivity contribution in [2.75, 3.05) is 11.1 Å². The summed E-state index contributed by atoms with van der Waals surface area (Å²) in [5.41, 5.74) is 0.434. The first-order chi connectivity index (χ1) is 8.92. The Bertz CT molecular complexity index is 527. The molecule has 1 aliphatic heterocycles. The normalized spacial score (nSPS) is 22.2. The van der Waals surface area contributed by atoms with Crippen molar-refractivity contribution in [3.63, 3.8) is 0 Å². The molecule has 2 rings (SSSR count). The molecule has 1 aromatic rings. The number of anilines is 1. The molecule has 19 heavy (non-hydrogen) atoms. The lowest BCUT2D eigenvalue weighted by Crippen LogP contribution is -2.35. The molecule has 1 atom stereocenters. The van der Waals surface area contributed by atoms with Crippen molar-refractivity contribution >= 4 is 45.3 Å². The summed E-state index contributed by atoms with van der Waals surface area (Å²) in [5.74, 6) is -0.212. The number of halogens is 1. The third kappa shape index (κ3) is 3.12. The standard InChI is InChI=1S/C13H14BrNO3S/c1-13(5-2-6-19-13)12(18)15-10-7-8(14)3-4-9(10)11(16)17/h3-4,7H,2,5-6H2,1H3,(H,15,18)(H,16,17). The van der Waals surface area contributed by atoms with Gasteiger partial charge in [0, 0.05) is 4.47 Å². The van der Waals surface area contributed by atoms with Crippen molar-refractivity contribution < 1.29 is 14.7 Å².